The minimum atomic E-state index is 0.0489. The van der Waals surface area contributed by atoms with E-state index in [1.54, 1.807) is 6.92 Å². The summed E-state index contributed by atoms with van der Waals surface area (Å²) in [5.41, 5.74) is 0.0489. The summed E-state index contributed by atoms with van der Waals surface area (Å²) in [5.74, 6) is 0.972. The van der Waals surface area contributed by atoms with E-state index in [1.807, 2.05) is 4.90 Å². The monoisotopic (exact) mass is 252 g/mol. The first-order valence-corrected chi connectivity index (χ1v) is 7.00. The molecule has 0 aliphatic carbocycles. The number of amides is 2. The van der Waals surface area contributed by atoms with Crippen molar-refractivity contribution in [2.45, 2.75) is 52.0 Å². The molecule has 2 amide bonds. The van der Waals surface area contributed by atoms with Crippen LogP contribution in [-0.4, -0.2) is 46.8 Å². The van der Waals surface area contributed by atoms with Crippen molar-refractivity contribution in [3.05, 3.63) is 0 Å². The van der Waals surface area contributed by atoms with Crippen molar-refractivity contribution in [2.24, 2.45) is 5.92 Å². The first-order valence-electron chi connectivity index (χ1n) is 7.00. The molecule has 2 rings (SSSR count). The van der Waals surface area contributed by atoms with E-state index in [1.165, 1.54) is 0 Å². The largest absolute Gasteiger partial charge is 0.343 e. The van der Waals surface area contributed by atoms with Gasteiger partial charge in [0, 0.05) is 38.5 Å². The fourth-order valence-electron chi connectivity index (χ4n) is 3.29. The van der Waals surface area contributed by atoms with Crippen LogP contribution in [0.5, 0.6) is 0 Å². The summed E-state index contributed by atoms with van der Waals surface area (Å²) < 4.78 is 0. The lowest BCUT2D eigenvalue weighted by atomic mass is 9.84. The molecule has 0 unspecified atom stereocenters. The van der Waals surface area contributed by atoms with Gasteiger partial charge in [-0.25, -0.2) is 0 Å². The van der Waals surface area contributed by atoms with Crippen molar-refractivity contribution >= 4 is 11.8 Å². The second-order valence-corrected chi connectivity index (χ2v) is 6.13. The van der Waals surface area contributed by atoms with Gasteiger partial charge in [-0.15, -0.1) is 0 Å². The zero-order valence-electron chi connectivity index (χ0n) is 11.7. The highest BCUT2D eigenvalue weighted by molar-refractivity contribution is 5.80. The molecule has 0 saturated carbocycles. The molecular weight excluding hydrogens is 228 g/mol. The summed E-state index contributed by atoms with van der Waals surface area (Å²) in [5, 5.41) is 0. The van der Waals surface area contributed by atoms with E-state index in [0.29, 0.717) is 18.2 Å². The van der Waals surface area contributed by atoms with Crippen molar-refractivity contribution in [1.29, 1.82) is 0 Å². The van der Waals surface area contributed by atoms with Gasteiger partial charge in [0.1, 0.15) is 0 Å². The molecule has 1 spiro atoms. The van der Waals surface area contributed by atoms with Crippen LogP contribution >= 0.6 is 0 Å². The topological polar surface area (TPSA) is 40.6 Å². The third-order valence-electron chi connectivity index (χ3n) is 4.37. The third kappa shape index (κ3) is 2.38. The summed E-state index contributed by atoms with van der Waals surface area (Å²) in [6, 6.07) is 0. The number of hydrogen-bond donors (Lipinski definition) is 0. The van der Waals surface area contributed by atoms with E-state index in [9.17, 15) is 9.59 Å². The van der Waals surface area contributed by atoms with Crippen LogP contribution in [0, 0.1) is 5.92 Å². The predicted molar refractivity (Wildman–Crippen MR) is 70.0 cm³/mol. The lowest BCUT2D eigenvalue weighted by molar-refractivity contribution is -0.135. The Kier molecular flexibility index (Phi) is 3.64. The molecule has 2 aliphatic rings. The van der Waals surface area contributed by atoms with Crippen LogP contribution in [0.1, 0.15) is 46.5 Å². The molecule has 102 valence electrons. The standard InChI is InChI=1S/C14H24N2O2/c1-11(2)10-16-13(18)4-5-14(16)6-8-15(9-7-14)12(3)17/h11H,4-10H2,1-3H3. The first kappa shape index (κ1) is 13.4. The molecule has 0 aromatic carbocycles. The lowest BCUT2D eigenvalue weighted by Crippen LogP contribution is -2.54. The highest BCUT2D eigenvalue weighted by atomic mass is 16.2. The van der Waals surface area contributed by atoms with Gasteiger partial charge in [-0.2, -0.15) is 0 Å². The Balaban J connectivity index is 2.07. The van der Waals surface area contributed by atoms with Crippen molar-refractivity contribution in [1.82, 2.24) is 9.80 Å². The lowest BCUT2D eigenvalue weighted by Gasteiger charge is -2.45. The van der Waals surface area contributed by atoms with E-state index in [4.69, 9.17) is 0 Å². The number of carbonyl (C=O) groups excluding carboxylic acids is 2. The number of rotatable bonds is 2. The van der Waals surface area contributed by atoms with Crippen molar-refractivity contribution < 1.29 is 9.59 Å². The molecule has 0 aromatic heterocycles. The van der Waals surface area contributed by atoms with Gasteiger partial charge in [0.15, 0.2) is 0 Å². The Morgan fingerprint density at radius 2 is 1.89 bits per heavy atom. The molecule has 2 heterocycles. The second-order valence-electron chi connectivity index (χ2n) is 6.13. The van der Waals surface area contributed by atoms with Crippen molar-refractivity contribution in [2.75, 3.05) is 19.6 Å². The maximum absolute atomic E-state index is 12.0. The van der Waals surface area contributed by atoms with Gasteiger partial charge < -0.3 is 9.80 Å². The molecule has 4 nitrogen and oxygen atoms in total. The molecule has 2 aliphatic heterocycles. The molecule has 0 atom stereocenters. The molecule has 0 N–H and O–H groups in total. The maximum Gasteiger partial charge on any atom is 0.223 e. The Hall–Kier alpha value is -1.06. The summed E-state index contributed by atoms with van der Waals surface area (Å²) in [6.07, 6.45) is 3.56. The van der Waals surface area contributed by atoms with Gasteiger partial charge in [-0.05, 0) is 25.2 Å². The van der Waals surface area contributed by atoms with E-state index in [-0.39, 0.29) is 11.4 Å². The zero-order chi connectivity index (χ0) is 13.3. The van der Waals surface area contributed by atoms with Crippen LogP contribution in [0.25, 0.3) is 0 Å². The fraction of sp³-hybridized carbons (Fsp3) is 0.857. The summed E-state index contributed by atoms with van der Waals surface area (Å²) in [4.78, 5) is 27.4. The number of nitrogens with zero attached hydrogens (tertiary/aromatic N) is 2. The van der Waals surface area contributed by atoms with Crippen LogP contribution in [0.15, 0.2) is 0 Å². The summed E-state index contributed by atoms with van der Waals surface area (Å²) in [7, 11) is 0. The molecule has 2 saturated heterocycles. The number of hydrogen-bond acceptors (Lipinski definition) is 2. The van der Waals surface area contributed by atoms with Gasteiger partial charge in [0.2, 0.25) is 11.8 Å². The molecule has 0 aromatic rings. The predicted octanol–water partition coefficient (Wildman–Crippen LogP) is 1.65. The SMILES string of the molecule is CC(=O)N1CCC2(CCC(=O)N2CC(C)C)CC1. The molecule has 4 heteroatoms. The molecule has 0 radical (unpaired) electrons. The molecule has 2 fully saturated rings. The number of likely N-dealkylation sites (tertiary alicyclic amines) is 2. The minimum Gasteiger partial charge on any atom is -0.343 e. The van der Waals surface area contributed by atoms with Crippen LogP contribution in [0.2, 0.25) is 0 Å². The second kappa shape index (κ2) is 4.90. The van der Waals surface area contributed by atoms with Gasteiger partial charge in [-0.3, -0.25) is 9.59 Å². The Labute approximate surface area is 109 Å². The molecular formula is C14H24N2O2. The Morgan fingerprint density at radius 3 is 2.39 bits per heavy atom. The summed E-state index contributed by atoms with van der Waals surface area (Å²) >= 11 is 0. The van der Waals surface area contributed by atoms with Crippen molar-refractivity contribution in [3.63, 3.8) is 0 Å². The fourth-order valence-corrected chi connectivity index (χ4v) is 3.29. The van der Waals surface area contributed by atoms with Crippen LogP contribution < -0.4 is 0 Å². The minimum absolute atomic E-state index is 0.0489. The quantitative estimate of drug-likeness (QED) is 0.749. The average molecular weight is 252 g/mol. The van der Waals surface area contributed by atoms with Gasteiger partial charge in [0.05, 0.1) is 0 Å². The van der Waals surface area contributed by atoms with E-state index >= 15 is 0 Å². The van der Waals surface area contributed by atoms with E-state index in [2.05, 4.69) is 18.7 Å². The highest BCUT2D eigenvalue weighted by Crippen LogP contribution is 2.39. The third-order valence-corrected chi connectivity index (χ3v) is 4.37. The first-order chi connectivity index (χ1) is 8.44. The van der Waals surface area contributed by atoms with Crippen LogP contribution in [0.3, 0.4) is 0 Å². The van der Waals surface area contributed by atoms with E-state index < -0.39 is 0 Å². The molecule has 18 heavy (non-hydrogen) atoms. The number of carbonyl (C=O) groups is 2. The summed E-state index contributed by atoms with van der Waals surface area (Å²) in [6.45, 7) is 8.41. The van der Waals surface area contributed by atoms with Gasteiger partial charge in [0.25, 0.3) is 0 Å². The zero-order valence-corrected chi connectivity index (χ0v) is 11.7. The van der Waals surface area contributed by atoms with Crippen LogP contribution in [0.4, 0.5) is 0 Å². The Morgan fingerprint density at radius 1 is 1.28 bits per heavy atom. The van der Waals surface area contributed by atoms with Crippen molar-refractivity contribution in [3.8, 4) is 0 Å². The highest BCUT2D eigenvalue weighted by Gasteiger charge is 2.46. The van der Waals surface area contributed by atoms with Gasteiger partial charge >= 0.3 is 0 Å². The van der Waals surface area contributed by atoms with E-state index in [0.717, 1.165) is 38.9 Å². The Bertz CT molecular complexity index is 344. The average Bonchev–Trinajstić information content (AvgIpc) is 2.59. The van der Waals surface area contributed by atoms with Crippen LogP contribution in [-0.2, 0) is 9.59 Å². The maximum atomic E-state index is 12.0. The number of piperidine rings is 1. The molecule has 0 bridgehead atoms. The normalized spacial score (nSPS) is 23.2. The smallest absolute Gasteiger partial charge is 0.223 e. The van der Waals surface area contributed by atoms with Gasteiger partial charge in [-0.1, -0.05) is 13.8 Å².